The normalized spacial score (nSPS) is 19.1. The van der Waals surface area contributed by atoms with Gasteiger partial charge in [0, 0.05) is 24.9 Å². The van der Waals surface area contributed by atoms with Gasteiger partial charge < -0.3 is 15.1 Å². The van der Waals surface area contributed by atoms with Crippen molar-refractivity contribution >= 4 is 5.82 Å². The van der Waals surface area contributed by atoms with Crippen LogP contribution in [0.1, 0.15) is 43.9 Å². The highest BCUT2D eigenvalue weighted by molar-refractivity contribution is 5.44. The highest BCUT2D eigenvalue weighted by Gasteiger charge is 2.25. The van der Waals surface area contributed by atoms with Crippen LogP contribution in [-0.4, -0.2) is 34.4 Å². The van der Waals surface area contributed by atoms with Gasteiger partial charge in [-0.1, -0.05) is 6.92 Å². The van der Waals surface area contributed by atoms with Crippen molar-refractivity contribution < 1.29 is 10.2 Å². The Labute approximate surface area is 115 Å². The van der Waals surface area contributed by atoms with E-state index >= 15 is 0 Å². The second-order valence-electron chi connectivity index (χ2n) is 5.19. The van der Waals surface area contributed by atoms with Gasteiger partial charge in [-0.3, -0.25) is 0 Å². The summed E-state index contributed by atoms with van der Waals surface area (Å²) in [6.45, 7) is 3.44. The maximum Gasteiger partial charge on any atom is 0.129 e. The Morgan fingerprint density at radius 3 is 2.89 bits per heavy atom. The van der Waals surface area contributed by atoms with E-state index in [4.69, 9.17) is 10.1 Å². The first kappa shape index (κ1) is 14.3. The van der Waals surface area contributed by atoms with Crippen LogP contribution < -0.4 is 4.90 Å². The molecule has 1 fully saturated rings. The first-order chi connectivity index (χ1) is 9.28. The van der Waals surface area contributed by atoms with E-state index in [1.807, 2.05) is 12.1 Å². The molecule has 0 radical (unpaired) electrons. The number of rotatable bonds is 6. The van der Waals surface area contributed by atoms with Crippen LogP contribution in [0.3, 0.4) is 0 Å². The van der Waals surface area contributed by atoms with Crippen molar-refractivity contribution in [1.82, 2.24) is 4.98 Å². The zero-order chi connectivity index (χ0) is 13.7. The van der Waals surface area contributed by atoms with Crippen molar-refractivity contribution in [3.63, 3.8) is 0 Å². The van der Waals surface area contributed by atoms with Crippen LogP contribution >= 0.6 is 0 Å². The molecule has 0 saturated carbocycles. The van der Waals surface area contributed by atoms with E-state index in [1.54, 1.807) is 0 Å². The number of hydrogen-bond donors (Lipinski definition) is 2. The second kappa shape index (κ2) is 6.87. The molecule has 4 heteroatoms. The van der Waals surface area contributed by atoms with Crippen LogP contribution in [0.25, 0.3) is 0 Å². The molecule has 2 N–H and O–H groups in total. The van der Waals surface area contributed by atoms with Gasteiger partial charge in [0.1, 0.15) is 5.82 Å². The van der Waals surface area contributed by atoms with Gasteiger partial charge in [0.2, 0.25) is 0 Å². The average Bonchev–Trinajstić information content (AvgIpc) is 2.92. The largest absolute Gasteiger partial charge is 0.396 e. The molecule has 1 aromatic heterocycles. The standard InChI is InChI=1S/C15H24N2O2/c1-2-13-9-12(11-19)10-15(16-13)17-7-3-5-14(17)6-4-8-18/h9-10,14,18-19H,2-8,11H2,1H3. The van der Waals surface area contributed by atoms with E-state index in [9.17, 15) is 5.11 Å². The molecule has 1 saturated heterocycles. The zero-order valence-corrected chi connectivity index (χ0v) is 11.7. The van der Waals surface area contributed by atoms with Crippen LogP contribution in [0.15, 0.2) is 12.1 Å². The number of hydrogen-bond acceptors (Lipinski definition) is 4. The monoisotopic (exact) mass is 264 g/mol. The lowest BCUT2D eigenvalue weighted by molar-refractivity contribution is 0.279. The Kier molecular flexibility index (Phi) is 5.16. The predicted molar refractivity (Wildman–Crippen MR) is 76.2 cm³/mol. The minimum Gasteiger partial charge on any atom is -0.396 e. The molecule has 106 valence electrons. The summed E-state index contributed by atoms with van der Waals surface area (Å²) in [5.41, 5.74) is 1.98. The van der Waals surface area contributed by atoms with Crippen molar-refractivity contribution in [2.75, 3.05) is 18.1 Å². The first-order valence-electron chi connectivity index (χ1n) is 7.26. The summed E-state index contributed by atoms with van der Waals surface area (Å²) in [4.78, 5) is 7.03. The van der Waals surface area contributed by atoms with E-state index in [1.165, 1.54) is 12.8 Å². The molecule has 2 heterocycles. The molecule has 1 atom stereocenters. The van der Waals surface area contributed by atoms with E-state index < -0.39 is 0 Å². The summed E-state index contributed by atoms with van der Waals surface area (Å²) in [5.74, 6) is 0.990. The molecule has 1 aliphatic rings. The van der Waals surface area contributed by atoms with Gasteiger partial charge in [0.05, 0.1) is 6.61 Å². The molecule has 0 aromatic carbocycles. The quantitative estimate of drug-likeness (QED) is 0.823. The van der Waals surface area contributed by atoms with Gasteiger partial charge in [0.15, 0.2) is 0 Å². The lowest BCUT2D eigenvalue weighted by atomic mass is 10.1. The maximum absolute atomic E-state index is 9.35. The summed E-state index contributed by atoms with van der Waals surface area (Å²) in [5, 5.41) is 18.3. The Morgan fingerprint density at radius 1 is 1.37 bits per heavy atom. The Balaban J connectivity index is 2.19. The molecule has 1 aliphatic heterocycles. The van der Waals surface area contributed by atoms with Crippen molar-refractivity contribution in [1.29, 1.82) is 0 Å². The molecule has 2 rings (SSSR count). The smallest absolute Gasteiger partial charge is 0.129 e. The minimum atomic E-state index is 0.0671. The second-order valence-corrected chi connectivity index (χ2v) is 5.19. The maximum atomic E-state index is 9.35. The van der Waals surface area contributed by atoms with E-state index in [0.29, 0.717) is 6.04 Å². The predicted octanol–water partition coefficient (Wildman–Crippen LogP) is 1.88. The molecular weight excluding hydrogens is 240 g/mol. The third-order valence-corrected chi connectivity index (χ3v) is 3.84. The number of aryl methyl sites for hydroxylation is 1. The van der Waals surface area contributed by atoms with Crippen LogP contribution in [0.5, 0.6) is 0 Å². The van der Waals surface area contributed by atoms with Crippen molar-refractivity contribution in [2.45, 2.75) is 51.7 Å². The Hall–Kier alpha value is -1.13. The fraction of sp³-hybridized carbons (Fsp3) is 0.667. The fourth-order valence-corrected chi connectivity index (χ4v) is 2.82. The molecule has 4 nitrogen and oxygen atoms in total. The third-order valence-electron chi connectivity index (χ3n) is 3.84. The molecule has 1 aromatic rings. The molecule has 0 aliphatic carbocycles. The molecular formula is C15H24N2O2. The van der Waals surface area contributed by atoms with Gasteiger partial charge in [-0.05, 0) is 49.8 Å². The van der Waals surface area contributed by atoms with Crippen LogP contribution in [0, 0.1) is 0 Å². The van der Waals surface area contributed by atoms with Gasteiger partial charge in [-0.2, -0.15) is 0 Å². The Bertz CT molecular complexity index is 387. The summed E-state index contributed by atoms with van der Waals surface area (Å²) < 4.78 is 0. The molecule has 1 unspecified atom stereocenters. The highest BCUT2D eigenvalue weighted by atomic mass is 16.3. The van der Waals surface area contributed by atoms with Crippen molar-refractivity contribution in [3.8, 4) is 0 Å². The third kappa shape index (κ3) is 3.45. The van der Waals surface area contributed by atoms with Crippen molar-refractivity contribution in [2.24, 2.45) is 0 Å². The number of anilines is 1. The molecule has 0 amide bonds. The van der Waals surface area contributed by atoms with Crippen LogP contribution in [0.2, 0.25) is 0 Å². The van der Waals surface area contributed by atoms with E-state index in [2.05, 4.69) is 11.8 Å². The summed E-state index contributed by atoms with van der Waals surface area (Å²) >= 11 is 0. The number of aliphatic hydroxyl groups excluding tert-OH is 2. The summed E-state index contributed by atoms with van der Waals surface area (Å²) in [6, 6.07) is 4.46. The van der Waals surface area contributed by atoms with Gasteiger partial charge in [0.25, 0.3) is 0 Å². The van der Waals surface area contributed by atoms with Gasteiger partial charge in [-0.25, -0.2) is 4.98 Å². The number of pyridine rings is 1. The van der Waals surface area contributed by atoms with Crippen molar-refractivity contribution in [3.05, 3.63) is 23.4 Å². The summed E-state index contributed by atoms with van der Waals surface area (Å²) in [6.07, 6.45) is 5.11. The fourth-order valence-electron chi connectivity index (χ4n) is 2.82. The first-order valence-corrected chi connectivity index (χ1v) is 7.26. The molecule has 0 bridgehead atoms. The average molecular weight is 264 g/mol. The lowest BCUT2D eigenvalue weighted by Crippen LogP contribution is -2.30. The van der Waals surface area contributed by atoms with Crippen LogP contribution in [0.4, 0.5) is 5.82 Å². The number of aromatic nitrogens is 1. The van der Waals surface area contributed by atoms with E-state index in [0.717, 1.165) is 42.9 Å². The summed E-state index contributed by atoms with van der Waals surface area (Å²) in [7, 11) is 0. The minimum absolute atomic E-state index is 0.0671. The molecule has 19 heavy (non-hydrogen) atoms. The topological polar surface area (TPSA) is 56.6 Å². The number of aliphatic hydroxyl groups is 2. The number of nitrogens with zero attached hydrogens (tertiary/aromatic N) is 2. The SMILES string of the molecule is CCc1cc(CO)cc(N2CCCC2CCCO)n1. The van der Waals surface area contributed by atoms with E-state index in [-0.39, 0.29) is 13.2 Å². The van der Waals surface area contributed by atoms with Gasteiger partial charge >= 0.3 is 0 Å². The highest BCUT2D eigenvalue weighted by Crippen LogP contribution is 2.27. The van der Waals surface area contributed by atoms with Crippen LogP contribution in [-0.2, 0) is 13.0 Å². The zero-order valence-electron chi connectivity index (χ0n) is 11.7. The van der Waals surface area contributed by atoms with Gasteiger partial charge in [-0.15, -0.1) is 0 Å². The Morgan fingerprint density at radius 2 is 2.21 bits per heavy atom. The lowest BCUT2D eigenvalue weighted by Gasteiger charge is -2.26. The molecule has 0 spiro atoms.